The number of nitrogens with one attached hydrogen (secondary N) is 2. The van der Waals surface area contributed by atoms with Crippen molar-refractivity contribution in [2.24, 2.45) is 0 Å². The zero-order valence-corrected chi connectivity index (χ0v) is 19.8. The third-order valence-corrected chi connectivity index (χ3v) is 6.90. The number of rotatable bonds is 4. The molecule has 35 heavy (non-hydrogen) atoms. The van der Waals surface area contributed by atoms with Crippen LogP contribution in [-0.2, 0) is 0 Å². The Balaban J connectivity index is 1.57. The van der Waals surface area contributed by atoms with Gasteiger partial charge in [0.05, 0.1) is 23.5 Å². The van der Waals surface area contributed by atoms with Gasteiger partial charge in [-0.15, -0.1) is 0 Å². The van der Waals surface area contributed by atoms with Crippen LogP contribution in [0.3, 0.4) is 0 Å². The predicted octanol–water partition coefficient (Wildman–Crippen LogP) is 8.65. The van der Waals surface area contributed by atoms with Crippen LogP contribution in [0.2, 0.25) is 0 Å². The van der Waals surface area contributed by atoms with E-state index in [0.29, 0.717) is 0 Å². The van der Waals surface area contributed by atoms with Gasteiger partial charge in [-0.1, -0.05) is 133 Å². The van der Waals surface area contributed by atoms with Gasteiger partial charge in [-0.2, -0.15) is 0 Å². The molecule has 0 saturated carbocycles. The van der Waals surface area contributed by atoms with Crippen LogP contribution in [-0.4, -0.2) is 0 Å². The van der Waals surface area contributed by atoms with Crippen molar-refractivity contribution in [1.29, 1.82) is 0 Å². The molecule has 0 radical (unpaired) electrons. The molecule has 1 aliphatic rings. The van der Waals surface area contributed by atoms with Crippen LogP contribution in [0.5, 0.6) is 0 Å². The summed E-state index contributed by atoms with van der Waals surface area (Å²) < 4.78 is 0. The summed E-state index contributed by atoms with van der Waals surface area (Å²) in [5.74, 6) is 0. The predicted molar refractivity (Wildman–Crippen MR) is 148 cm³/mol. The second-order valence-corrected chi connectivity index (χ2v) is 9.21. The van der Waals surface area contributed by atoms with Gasteiger partial charge < -0.3 is 10.6 Å². The van der Waals surface area contributed by atoms with Gasteiger partial charge in [0.15, 0.2) is 0 Å². The van der Waals surface area contributed by atoms with Crippen LogP contribution in [0.4, 0.5) is 11.4 Å². The average Bonchev–Trinajstić information content (AvgIpc) is 2.94. The first-order chi connectivity index (χ1) is 17.3. The summed E-state index contributed by atoms with van der Waals surface area (Å²) in [6.07, 6.45) is 0. The van der Waals surface area contributed by atoms with Crippen molar-refractivity contribution in [3.05, 3.63) is 144 Å². The van der Waals surface area contributed by atoms with Crippen molar-refractivity contribution in [2.75, 3.05) is 10.6 Å². The summed E-state index contributed by atoms with van der Waals surface area (Å²) in [5.41, 5.74) is 10.9. The lowest BCUT2D eigenvalue weighted by Crippen LogP contribution is -2.31. The maximum Gasteiger partial charge on any atom is 0.0758 e. The Kier molecular flexibility index (Phi) is 5.56. The highest BCUT2D eigenvalue weighted by Gasteiger charge is 2.33. The maximum atomic E-state index is 3.99. The molecule has 1 aliphatic heterocycles. The van der Waals surface area contributed by atoms with Gasteiger partial charge >= 0.3 is 0 Å². The molecule has 0 fully saturated rings. The molecule has 1 heterocycles. The lowest BCUT2D eigenvalue weighted by Gasteiger charge is -2.39. The number of benzene rings is 5. The zero-order valence-electron chi connectivity index (χ0n) is 19.8. The van der Waals surface area contributed by atoms with Crippen molar-refractivity contribution in [2.45, 2.75) is 19.0 Å². The summed E-state index contributed by atoms with van der Waals surface area (Å²) in [7, 11) is 0. The van der Waals surface area contributed by atoms with Crippen LogP contribution < -0.4 is 10.6 Å². The summed E-state index contributed by atoms with van der Waals surface area (Å²) in [6.45, 7) is 2.13. The topological polar surface area (TPSA) is 24.1 Å². The van der Waals surface area contributed by atoms with E-state index in [4.69, 9.17) is 0 Å². The molecule has 0 bridgehead atoms. The third-order valence-electron chi connectivity index (χ3n) is 6.90. The van der Waals surface area contributed by atoms with Crippen LogP contribution in [0.25, 0.3) is 22.3 Å². The van der Waals surface area contributed by atoms with E-state index in [9.17, 15) is 0 Å². The average molecular weight is 453 g/mol. The van der Waals surface area contributed by atoms with E-state index in [-0.39, 0.29) is 12.1 Å². The Labute approximate surface area is 207 Å². The molecule has 170 valence electrons. The molecule has 2 atom stereocenters. The van der Waals surface area contributed by atoms with Gasteiger partial charge in [0.1, 0.15) is 0 Å². The van der Waals surface area contributed by atoms with E-state index in [1.165, 1.54) is 38.9 Å². The molecule has 6 rings (SSSR count). The highest BCUT2D eigenvalue weighted by Crippen LogP contribution is 2.50. The van der Waals surface area contributed by atoms with Crippen LogP contribution >= 0.6 is 0 Å². The molecule has 0 spiro atoms. The minimum atomic E-state index is 0.0846. The van der Waals surface area contributed by atoms with E-state index in [2.05, 4.69) is 145 Å². The summed E-state index contributed by atoms with van der Waals surface area (Å²) in [5, 5.41) is 7.98. The molecule has 0 aliphatic carbocycles. The van der Waals surface area contributed by atoms with Crippen LogP contribution in [0, 0.1) is 6.92 Å². The number of anilines is 2. The summed E-state index contributed by atoms with van der Waals surface area (Å²) >= 11 is 0. The Hall–Kier alpha value is -4.30. The fourth-order valence-corrected chi connectivity index (χ4v) is 5.08. The lowest BCUT2D eigenvalue weighted by molar-refractivity contribution is 0.637. The van der Waals surface area contributed by atoms with Gasteiger partial charge in [0.2, 0.25) is 0 Å². The van der Waals surface area contributed by atoms with Gasteiger partial charge in [-0.3, -0.25) is 0 Å². The number of hydrogen-bond donors (Lipinski definition) is 2. The van der Waals surface area contributed by atoms with Crippen LogP contribution in [0.15, 0.2) is 127 Å². The summed E-state index contributed by atoms with van der Waals surface area (Å²) in [6, 6.07) is 45.6. The highest BCUT2D eigenvalue weighted by atomic mass is 15.1. The van der Waals surface area contributed by atoms with Crippen LogP contribution in [0.1, 0.15) is 28.8 Å². The largest absolute Gasteiger partial charge is 0.374 e. The minimum absolute atomic E-state index is 0.0846. The Morgan fingerprint density at radius 3 is 1.29 bits per heavy atom. The molecule has 2 unspecified atom stereocenters. The normalized spacial score (nSPS) is 16.6. The first-order valence-corrected chi connectivity index (χ1v) is 12.2. The fourth-order valence-electron chi connectivity index (χ4n) is 5.08. The van der Waals surface area contributed by atoms with E-state index in [1.807, 2.05) is 0 Å². The van der Waals surface area contributed by atoms with Crippen molar-refractivity contribution in [3.63, 3.8) is 0 Å². The SMILES string of the molecule is Cc1ccc(-c2ccc(-c3ccccc3)c3c2NC(c2ccccc2)C(c2ccccc2)N3)cc1. The minimum Gasteiger partial charge on any atom is -0.374 e. The lowest BCUT2D eigenvalue weighted by atomic mass is 9.87. The third kappa shape index (κ3) is 4.08. The molecule has 2 nitrogen and oxygen atoms in total. The molecule has 0 aromatic heterocycles. The smallest absolute Gasteiger partial charge is 0.0758 e. The number of aryl methyl sites for hydroxylation is 1. The van der Waals surface area contributed by atoms with Crippen molar-refractivity contribution in [3.8, 4) is 22.3 Å². The molecular formula is C33H28N2. The quantitative estimate of drug-likeness (QED) is 0.285. The van der Waals surface area contributed by atoms with E-state index >= 15 is 0 Å². The second-order valence-electron chi connectivity index (χ2n) is 9.21. The Morgan fingerprint density at radius 1 is 0.429 bits per heavy atom. The standard InChI is InChI=1S/C33H28N2/c1-23-17-19-25(20-18-23)29-22-21-28(24-11-5-2-6-12-24)32-33(29)35-31(27-15-9-4-10-16-27)30(34-32)26-13-7-3-8-14-26/h2-22,30-31,34-35H,1H3. The fraction of sp³-hybridized carbons (Fsp3) is 0.0909. The van der Waals surface area contributed by atoms with Gasteiger partial charge in [-0.25, -0.2) is 0 Å². The van der Waals surface area contributed by atoms with Crippen molar-refractivity contribution in [1.82, 2.24) is 0 Å². The molecule has 0 saturated heterocycles. The molecule has 2 heteroatoms. The van der Waals surface area contributed by atoms with Crippen molar-refractivity contribution >= 4 is 11.4 Å². The first kappa shape index (κ1) is 21.2. The zero-order chi connectivity index (χ0) is 23.6. The second kappa shape index (κ2) is 9.15. The van der Waals surface area contributed by atoms with E-state index in [1.54, 1.807) is 0 Å². The van der Waals surface area contributed by atoms with Gasteiger partial charge in [-0.05, 0) is 29.2 Å². The number of hydrogen-bond acceptors (Lipinski definition) is 2. The van der Waals surface area contributed by atoms with E-state index < -0.39 is 0 Å². The Bertz CT molecular complexity index is 1430. The summed E-state index contributed by atoms with van der Waals surface area (Å²) in [4.78, 5) is 0. The van der Waals surface area contributed by atoms with Crippen molar-refractivity contribution < 1.29 is 0 Å². The molecular weight excluding hydrogens is 424 g/mol. The van der Waals surface area contributed by atoms with Gasteiger partial charge in [0, 0.05) is 11.1 Å². The van der Waals surface area contributed by atoms with E-state index in [0.717, 1.165) is 11.4 Å². The van der Waals surface area contributed by atoms with Gasteiger partial charge in [0.25, 0.3) is 0 Å². The molecule has 5 aromatic rings. The molecule has 2 N–H and O–H groups in total. The monoisotopic (exact) mass is 452 g/mol. The highest BCUT2D eigenvalue weighted by molar-refractivity contribution is 5.97. The first-order valence-electron chi connectivity index (χ1n) is 12.2. The maximum absolute atomic E-state index is 3.99. The molecule has 0 amide bonds. The number of fused-ring (bicyclic) bond motifs is 1. The molecule has 5 aromatic carbocycles. The Morgan fingerprint density at radius 2 is 0.829 bits per heavy atom.